The fourth-order valence-corrected chi connectivity index (χ4v) is 4.90. The van der Waals surface area contributed by atoms with Gasteiger partial charge in [-0.1, -0.05) is 29.8 Å². The maximum absolute atomic E-state index is 14.5. The molecule has 2 aromatic carbocycles. The minimum absolute atomic E-state index is 0.158. The van der Waals surface area contributed by atoms with Gasteiger partial charge >= 0.3 is 0 Å². The lowest BCUT2D eigenvalue weighted by molar-refractivity contribution is -0.387. The van der Waals surface area contributed by atoms with Crippen LogP contribution in [0.5, 0.6) is 0 Å². The summed E-state index contributed by atoms with van der Waals surface area (Å²) >= 11 is 6.20. The van der Waals surface area contributed by atoms with Gasteiger partial charge in [0, 0.05) is 23.2 Å². The van der Waals surface area contributed by atoms with E-state index in [9.17, 15) is 22.9 Å². The van der Waals surface area contributed by atoms with Crippen molar-refractivity contribution in [1.29, 1.82) is 0 Å². The molecule has 0 spiro atoms. The van der Waals surface area contributed by atoms with E-state index in [0.29, 0.717) is 13.1 Å². The predicted molar refractivity (Wildman–Crippen MR) is 103 cm³/mol. The summed E-state index contributed by atoms with van der Waals surface area (Å²) in [4.78, 5) is 11.9. The van der Waals surface area contributed by atoms with Gasteiger partial charge in [-0.15, -0.1) is 0 Å². The Morgan fingerprint density at radius 1 is 1.18 bits per heavy atom. The van der Waals surface area contributed by atoms with Crippen molar-refractivity contribution in [3.63, 3.8) is 0 Å². The van der Waals surface area contributed by atoms with Crippen LogP contribution >= 0.6 is 11.6 Å². The summed E-state index contributed by atoms with van der Waals surface area (Å²) in [5, 5.41) is 11.4. The first-order valence-corrected chi connectivity index (χ1v) is 10.6. The quantitative estimate of drug-likeness (QED) is 0.539. The van der Waals surface area contributed by atoms with Gasteiger partial charge in [0.25, 0.3) is 5.69 Å². The first-order valence-electron chi connectivity index (χ1n) is 8.72. The Morgan fingerprint density at radius 2 is 1.86 bits per heavy atom. The van der Waals surface area contributed by atoms with Gasteiger partial charge in [-0.3, -0.25) is 15.0 Å². The third-order valence-corrected chi connectivity index (χ3v) is 6.53. The van der Waals surface area contributed by atoms with Gasteiger partial charge < -0.3 is 0 Å². The summed E-state index contributed by atoms with van der Waals surface area (Å²) in [7, 11) is -4.18. The second-order valence-corrected chi connectivity index (χ2v) is 8.61. The van der Waals surface area contributed by atoms with E-state index in [1.807, 2.05) is 4.90 Å². The summed E-state index contributed by atoms with van der Waals surface area (Å²) < 4.78 is 42.3. The summed E-state index contributed by atoms with van der Waals surface area (Å²) in [6.07, 6.45) is 1.83. The maximum Gasteiger partial charge on any atom is 0.289 e. The Labute approximate surface area is 167 Å². The van der Waals surface area contributed by atoms with E-state index < -0.39 is 37.4 Å². The summed E-state index contributed by atoms with van der Waals surface area (Å²) in [5.41, 5.74) is -0.298. The van der Waals surface area contributed by atoms with E-state index in [2.05, 4.69) is 4.72 Å². The van der Waals surface area contributed by atoms with Crippen molar-refractivity contribution < 1.29 is 17.7 Å². The molecule has 2 aromatic rings. The van der Waals surface area contributed by atoms with Crippen LogP contribution in [0.15, 0.2) is 47.4 Å². The first kappa shape index (κ1) is 20.7. The SMILES string of the molecule is O=[N+]([O-])c1ccccc1S(=O)(=O)NCC(c1c(F)cccc1Cl)N1CCCC1. The Bertz CT molecular complexity index is 960. The van der Waals surface area contributed by atoms with E-state index in [1.54, 1.807) is 6.07 Å². The van der Waals surface area contributed by atoms with Crippen LogP contribution in [0.25, 0.3) is 0 Å². The average Bonchev–Trinajstić information content (AvgIpc) is 3.18. The minimum atomic E-state index is -4.18. The number of likely N-dealkylation sites (tertiary alicyclic amines) is 1. The molecule has 1 aliphatic heterocycles. The van der Waals surface area contributed by atoms with Crippen LogP contribution in [0.1, 0.15) is 24.4 Å². The summed E-state index contributed by atoms with van der Waals surface area (Å²) in [5.74, 6) is -0.519. The molecular formula is C18H19ClFN3O4S. The molecule has 7 nitrogen and oxygen atoms in total. The highest BCUT2D eigenvalue weighted by atomic mass is 35.5. The number of rotatable bonds is 7. The van der Waals surface area contributed by atoms with Gasteiger partial charge in [0.05, 0.1) is 11.0 Å². The van der Waals surface area contributed by atoms with Gasteiger partial charge in [-0.2, -0.15) is 0 Å². The Morgan fingerprint density at radius 3 is 2.50 bits per heavy atom. The van der Waals surface area contributed by atoms with Crippen LogP contribution in [-0.4, -0.2) is 37.9 Å². The zero-order valence-corrected chi connectivity index (χ0v) is 16.4. The molecule has 3 rings (SSSR count). The molecule has 1 aliphatic rings. The van der Waals surface area contributed by atoms with Crippen LogP contribution in [-0.2, 0) is 10.0 Å². The van der Waals surface area contributed by atoms with Gasteiger partial charge in [-0.05, 0) is 44.1 Å². The molecular weight excluding hydrogens is 409 g/mol. The van der Waals surface area contributed by atoms with E-state index in [0.717, 1.165) is 18.9 Å². The lowest BCUT2D eigenvalue weighted by Gasteiger charge is -2.29. The van der Waals surface area contributed by atoms with Crippen molar-refractivity contribution in [2.45, 2.75) is 23.8 Å². The molecule has 1 atom stereocenters. The van der Waals surface area contributed by atoms with Crippen molar-refractivity contribution in [3.05, 3.63) is 69.0 Å². The second kappa shape index (κ2) is 8.52. The molecule has 0 saturated carbocycles. The molecule has 10 heteroatoms. The normalized spacial score (nSPS) is 16.2. The van der Waals surface area contributed by atoms with Crippen molar-refractivity contribution in [1.82, 2.24) is 9.62 Å². The number of hydrogen-bond donors (Lipinski definition) is 1. The highest BCUT2D eigenvalue weighted by Crippen LogP contribution is 2.32. The molecule has 0 bridgehead atoms. The van der Waals surface area contributed by atoms with Crippen LogP contribution in [0.3, 0.4) is 0 Å². The fraction of sp³-hybridized carbons (Fsp3) is 0.333. The molecule has 0 radical (unpaired) electrons. The Balaban J connectivity index is 1.91. The van der Waals surface area contributed by atoms with E-state index in [4.69, 9.17) is 11.6 Å². The minimum Gasteiger partial charge on any atom is -0.295 e. The average molecular weight is 428 g/mol. The number of nitro benzene ring substituents is 1. The summed E-state index contributed by atoms with van der Waals surface area (Å²) in [6, 6.07) is 8.80. The molecule has 28 heavy (non-hydrogen) atoms. The lowest BCUT2D eigenvalue weighted by atomic mass is 10.0. The van der Waals surface area contributed by atoms with Gasteiger partial charge in [-0.25, -0.2) is 17.5 Å². The van der Waals surface area contributed by atoms with Crippen molar-refractivity contribution in [2.75, 3.05) is 19.6 Å². The summed E-state index contributed by atoms with van der Waals surface area (Å²) in [6.45, 7) is 1.21. The molecule has 1 unspecified atom stereocenters. The zero-order chi connectivity index (χ0) is 20.3. The van der Waals surface area contributed by atoms with Gasteiger partial charge in [0.1, 0.15) is 5.82 Å². The zero-order valence-electron chi connectivity index (χ0n) is 14.8. The van der Waals surface area contributed by atoms with Gasteiger partial charge in [0.15, 0.2) is 4.90 Å². The topological polar surface area (TPSA) is 92.5 Å². The number of hydrogen-bond acceptors (Lipinski definition) is 5. The third kappa shape index (κ3) is 4.33. The number of halogens is 2. The monoisotopic (exact) mass is 427 g/mol. The largest absolute Gasteiger partial charge is 0.295 e. The molecule has 0 amide bonds. The fourth-order valence-electron chi connectivity index (χ4n) is 3.40. The van der Waals surface area contributed by atoms with Crippen LogP contribution in [0.4, 0.5) is 10.1 Å². The Kier molecular flexibility index (Phi) is 6.29. The van der Waals surface area contributed by atoms with Crippen molar-refractivity contribution >= 4 is 27.3 Å². The standard InChI is InChI=1S/C18H19ClFN3O4S/c19-13-6-5-7-14(20)18(13)16(22-10-3-4-11-22)12-21-28(26,27)17-9-2-1-8-15(17)23(24)25/h1-2,5-9,16,21H,3-4,10-12H2. The predicted octanol–water partition coefficient (Wildman–Crippen LogP) is 3.50. The van der Waals surface area contributed by atoms with Crippen LogP contribution in [0, 0.1) is 15.9 Å². The van der Waals surface area contributed by atoms with Crippen LogP contribution in [0.2, 0.25) is 5.02 Å². The van der Waals surface area contributed by atoms with Crippen molar-refractivity contribution in [3.8, 4) is 0 Å². The van der Waals surface area contributed by atoms with E-state index in [-0.39, 0.29) is 17.1 Å². The number of benzene rings is 2. The van der Waals surface area contributed by atoms with Crippen LogP contribution < -0.4 is 4.72 Å². The number of para-hydroxylation sites is 1. The molecule has 150 valence electrons. The lowest BCUT2D eigenvalue weighted by Crippen LogP contribution is -2.37. The van der Waals surface area contributed by atoms with E-state index >= 15 is 0 Å². The molecule has 0 aromatic heterocycles. The molecule has 1 saturated heterocycles. The highest BCUT2D eigenvalue weighted by Gasteiger charge is 2.31. The number of nitro groups is 1. The Hall–Kier alpha value is -2.07. The van der Waals surface area contributed by atoms with E-state index in [1.165, 1.54) is 30.3 Å². The third-order valence-electron chi connectivity index (χ3n) is 4.73. The molecule has 1 N–H and O–H groups in total. The number of nitrogens with zero attached hydrogens (tertiary/aromatic N) is 2. The molecule has 1 fully saturated rings. The van der Waals surface area contributed by atoms with Crippen molar-refractivity contribution in [2.24, 2.45) is 0 Å². The first-order chi connectivity index (χ1) is 13.3. The molecule has 1 heterocycles. The van der Waals surface area contributed by atoms with Gasteiger partial charge in [0.2, 0.25) is 10.0 Å². The second-order valence-electron chi connectivity index (χ2n) is 6.47. The highest BCUT2D eigenvalue weighted by molar-refractivity contribution is 7.89. The number of sulfonamides is 1. The smallest absolute Gasteiger partial charge is 0.289 e. The maximum atomic E-state index is 14.5. The number of nitrogens with one attached hydrogen (secondary N) is 1. The molecule has 0 aliphatic carbocycles.